The molecular formula is C28H30N4O3. The largest absolute Gasteiger partial charge is 0.493 e. The fourth-order valence-electron chi connectivity index (χ4n) is 4.83. The van der Waals surface area contributed by atoms with Crippen LogP contribution in [-0.2, 0) is 13.0 Å². The number of aromatic nitrogens is 3. The SMILES string of the molecule is COc1cccc(C(=O)N2CCCC(Cc3nccn4cccc34)CC2)c1OCc1ccccn1. The van der Waals surface area contributed by atoms with Crippen LogP contribution in [-0.4, -0.2) is 45.4 Å². The van der Waals surface area contributed by atoms with Gasteiger partial charge in [-0.15, -0.1) is 0 Å². The number of amides is 1. The maximum absolute atomic E-state index is 13.6. The number of hydrogen-bond donors (Lipinski definition) is 0. The fraction of sp³-hybridized carbons (Fsp3) is 0.321. The Balaban J connectivity index is 1.29. The summed E-state index contributed by atoms with van der Waals surface area (Å²) in [7, 11) is 1.59. The maximum atomic E-state index is 13.6. The summed E-state index contributed by atoms with van der Waals surface area (Å²) in [5.74, 6) is 1.49. The van der Waals surface area contributed by atoms with E-state index in [1.54, 1.807) is 13.3 Å². The lowest BCUT2D eigenvalue weighted by atomic mass is 9.95. The Morgan fingerprint density at radius 1 is 1.00 bits per heavy atom. The predicted octanol–water partition coefficient (Wildman–Crippen LogP) is 4.80. The van der Waals surface area contributed by atoms with Gasteiger partial charge in [-0.25, -0.2) is 0 Å². The van der Waals surface area contributed by atoms with Crippen molar-refractivity contribution in [1.29, 1.82) is 0 Å². The quantitative estimate of drug-likeness (QED) is 0.388. The second-order valence-corrected chi connectivity index (χ2v) is 8.91. The molecule has 1 saturated heterocycles. The van der Waals surface area contributed by atoms with Gasteiger partial charge in [0.2, 0.25) is 0 Å². The van der Waals surface area contributed by atoms with Crippen molar-refractivity contribution in [2.75, 3.05) is 20.2 Å². The summed E-state index contributed by atoms with van der Waals surface area (Å²) >= 11 is 0. The summed E-state index contributed by atoms with van der Waals surface area (Å²) in [5, 5.41) is 0. The van der Waals surface area contributed by atoms with Gasteiger partial charge in [-0.1, -0.05) is 12.1 Å². The number of fused-ring (bicyclic) bond motifs is 1. The van der Waals surface area contributed by atoms with Crippen molar-refractivity contribution in [2.45, 2.75) is 32.3 Å². The first-order valence-electron chi connectivity index (χ1n) is 12.1. The zero-order valence-corrected chi connectivity index (χ0v) is 20.0. The second-order valence-electron chi connectivity index (χ2n) is 8.91. The lowest BCUT2D eigenvalue weighted by Gasteiger charge is -2.23. The molecule has 0 aliphatic carbocycles. The van der Waals surface area contributed by atoms with Crippen molar-refractivity contribution < 1.29 is 14.3 Å². The topological polar surface area (TPSA) is 69.0 Å². The van der Waals surface area contributed by atoms with Crippen LogP contribution >= 0.6 is 0 Å². The van der Waals surface area contributed by atoms with Crippen molar-refractivity contribution in [3.63, 3.8) is 0 Å². The highest BCUT2D eigenvalue weighted by Crippen LogP contribution is 2.33. The van der Waals surface area contributed by atoms with Crippen molar-refractivity contribution >= 4 is 11.4 Å². The van der Waals surface area contributed by atoms with Crippen LogP contribution in [0.3, 0.4) is 0 Å². The smallest absolute Gasteiger partial charge is 0.257 e. The van der Waals surface area contributed by atoms with E-state index in [4.69, 9.17) is 9.47 Å². The van der Waals surface area contributed by atoms with Gasteiger partial charge in [-0.05, 0) is 68.0 Å². The van der Waals surface area contributed by atoms with E-state index in [0.717, 1.165) is 49.1 Å². The van der Waals surface area contributed by atoms with E-state index >= 15 is 0 Å². The average Bonchev–Trinajstić information content (AvgIpc) is 3.27. The molecule has 7 nitrogen and oxygen atoms in total. The average molecular weight is 471 g/mol. The van der Waals surface area contributed by atoms with Crippen LogP contribution in [0.25, 0.3) is 5.52 Å². The normalized spacial score (nSPS) is 16.1. The number of carbonyl (C=O) groups is 1. The molecule has 0 N–H and O–H groups in total. The van der Waals surface area contributed by atoms with Crippen molar-refractivity contribution in [3.8, 4) is 11.5 Å². The number of para-hydroxylation sites is 1. The molecule has 180 valence electrons. The molecule has 0 radical (unpaired) electrons. The lowest BCUT2D eigenvalue weighted by molar-refractivity contribution is 0.0754. The van der Waals surface area contributed by atoms with E-state index in [2.05, 4.69) is 32.7 Å². The summed E-state index contributed by atoms with van der Waals surface area (Å²) in [5.41, 5.74) is 3.61. The third-order valence-corrected chi connectivity index (χ3v) is 6.67. The Morgan fingerprint density at radius 3 is 2.80 bits per heavy atom. The minimum absolute atomic E-state index is 0.0209. The van der Waals surface area contributed by atoms with Gasteiger partial charge in [0.1, 0.15) is 6.61 Å². The van der Waals surface area contributed by atoms with Crippen molar-refractivity contribution in [3.05, 3.63) is 90.3 Å². The van der Waals surface area contributed by atoms with E-state index in [1.165, 1.54) is 0 Å². The number of carbonyl (C=O) groups excluding carboxylic acids is 1. The van der Waals surface area contributed by atoms with E-state index in [0.29, 0.717) is 29.5 Å². The molecule has 1 aromatic carbocycles. The number of hydrogen-bond acceptors (Lipinski definition) is 5. The molecule has 35 heavy (non-hydrogen) atoms. The Hall–Kier alpha value is -3.87. The van der Waals surface area contributed by atoms with Gasteiger partial charge < -0.3 is 18.8 Å². The van der Waals surface area contributed by atoms with Crippen molar-refractivity contribution in [1.82, 2.24) is 19.3 Å². The molecule has 1 fully saturated rings. The van der Waals surface area contributed by atoms with E-state index in [-0.39, 0.29) is 12.5 Å². The molecule has 3 aromatic heterocycles. The highest BCUT2D eigenvalue weighted by atomic mass is 16.5. The molecule has 1 aliphatic heterocycles. The van der Waals surface area contributed by atoms with Crippen molar-refractivity contribution in [2.24, 2.45) is 5.92 Å². The van der Waals surface area contributed by atoms with Crippen LogP contribution in [0.2, 0.25) is 0 Å². The molecule has 7 heteroatoms. The Morgan fingerprint density at radius 2 is 1.94 bits per heavy atom. The first-order valence-corrected chi connectivity index (χ1v) is 12.1. The zero-order valence-electron chi connectivity index (χ0n) is 20.0. The van der Waals surface area contributed by atoms with E-state index in [1.807, 2.05) is 53.7 Å². The first-order chi connectivity index (χ1) is 17.2. The molecule has 0 spiro atoms. The molecule has 5 rings (SSSR count). The molecular weight excluding hydrogens is 440 g/mol. The lowest BCUT2D eigenvalue weighted by Crippen LogP contribution is -2.32. The van der Waals surface area contributed by atoms with Gasteiger partial charge in [0.15, 0.2) is 11.5 Å². The maximum Gasteiger partial charge on any atom is 0.257 e. The Kier molecular flexibility index (Phi) is 6.93. The Labute approximate surface area is 205 Å². The summed E-state index contributed by atoms with van der Waals surface area (Å²) in [6, 6.07) is 15.3. The zero-order chi connectivity index (χ0) is 24.0. The van der Waals surface area contributed by atoms with Gasteiger partial charge in [-0.2, -0.15) is 0 Å². The van der Waals surface area contributed by atoms with Gasteiger partial charge >= 0.3 is 0 Å². The monoisotopic (exact) mass is 470 g/mol. The van der Waals surface area contributed by atoms with Crippen LogP contribution in [0.1, 0.15) is 41.0 Å². The highest BCUT2D eigenvalue weighted by molar-refractivity contribution is 5.97. The number of likely N-dealkylation sites (tertiary alicyclic amines) is 1. The summed E-state index contributed by atoms with van der Waals surface area (Å²) < 4.78 is 13.7. The van der Waals surface area contributed by atoms with Crippen LogP contribution < -0.4 is 9.47 Å². The first kappa shape index (κ1) is 22.9. The van der Waals surface area contributed by atoms with Gasteiger partial charge in [0, 0.05) is 37.9 Å². The standard InChI is InChI=1S/C28H30N4O3/c1-34-26-11-4-9-23(27(26)35-20-22-8-2-3-13-29-22)28(33)32-16-5-7-21(12-17-32)19-24-25-10-6-15-31(25)18-14-30-24/h2-4,6,8-11,13-15,18,21H,5,7,12,16-17,19-20H2,1H3. The summed E-state index contributed by atoms with van der Waals surface area (Å²) in [6.45, 7) is 1.71. The van der Waals surface area contributed by atoms with Gasteiger partial charge in [-0.3, -0.25) is 14.8 Å². The highest BCUT2D eigenvalue weighted by Gasteiger charge is 2.26. The number of methoxy groups -OCH3 is 1. The minimum atomic E-state index is -0.0209. The fourth-order valence-corrected chi connectivity index (χ4v) is 4.83. The molecule has 1 amide bonds. The molecule has 4 heterocycles. The second kappa shape index (κ2) is 10.6. The van der Waals surface area contributed by atoms with E-state index in [9.17, 15) is 4.79 Å². The predicted molar refractivity (Wildman–Crippen MR) is 134 cm³/mol. The molecule has 1 unspecified atom stereocenters. The third-order valence-electron chi connectivity index (χ3n) is 6.67. The van der Waals surface area contributed by atoms with E-state index < -0.39 is 0 Å². The molecule has 0 saturated carbocycles. The number of nitrogens with zero attached hydrogens (tertiary/aromatic N) is 4. The number of benzene rings is 1. The molecule has 0 bridgehead atoms. The van der Waals surface area contributed by atoms with Crippen LogP contribution in [0.15, 0.2) is 73.3 Å². The Bertz CT molecular complexity index is 1290. The minimum Gasteiger partial charge on any atom is -0.493 e. The van der Waals surface area contributed by atoms with Gasteiger partial charge in [0.05, 0.1) is 29.6 Å². The molecule has 4 aromatic rings. The van der Waals surface area contributed by atoms with Gasteiger partial charge in [0.25, 0.3) is 5.91 Å². The number of ether oxygens (including phenoxy) is 2. The third kappa shape index (κ3) is 5.14. The molecule has 1 atom stereocenters. The van der Waals surface area contributed by atoms with Crippen LogP contribution in [0.5, 0.6) is 11.5 Å². The summed E-state index contributed by atoms with van der Waals surface area (Å²) in [4.78, 5) is 24.5. The van der Waals surface area contributed by atoms with Crippen LogP contribution in [0, 0.1) is 5.92 Å². The number of rotatable bonds is 7. The number of pyridine rings is 1. The summed E-state index contributed by atoms with van der Waals surface area (Å²) in [6.07, 6.45) is 11.5. The van der Waals surface area contributed by atoms with Crippen LogP contribution in [0.4, 0.5) is 0 Å². The molecule has 1 aliphatic rings.